The number of carbonyl (C=O) groups excluding carboxylic acids is 2. The summed E-state index contributed by atoms with van der Waals surface area (Å²) in [7, 11) is 0. The lowest BCUT2D eigenvalue weighted by atomic mass is 9.94. The second kappa shape index (κ2) is 14.1. The molecule has 0 bridgehead atoms. The Bertz CT molecular complexity index is 952. The van der Waals surface area contributed by atoms with Gasteiger partial charge in [0.15, 0.2) is 0 Å². The number of rotatable bonds is 12. The van der Waals surface area contributed by atoms with Crippen LogP contribution in [-0.2, 0) is 20.9 Å². The van der Waals surface area contributed by atoms with E-state index < -0.39 is 18.1 Å². The summed E-state index contributed by atoms with van der Waals surface area (Å²) in [4.78, 5) is 28.8. The van der Waals surface area contributed by atoms with Crippen molar-refractivity contribution in [2.75, 3.05) is 6.61 Å². The van der Waals surface area contributed by atoms with Crippen LogP contribution in [0.5, 0.6) is 0 Å². The smallest absolute Gasteiger partial charge is 0.325 e. The third kappa shape index (κ3) is 10.3. The van der Waals surface area contributed by atoms with Crippen molar-refractivity contribution in [2.45, 2.75) is 87.4 Å². The summed E-state index contributed by atoms with van der Waals surface area (Å²) in [5.74, 6) is -0.260. The zero-order valence-corrected chi connectivity index (χ0v) is 22.9. The molecule has 1 aromatic carbocycles. The van der Waals surface area contributed by atoms with E-state index in [4.69, 9.17) is 9.73 Å². The molecule has 0 saturated heterocycles. The topological polar surface area (TPSA) is 88.0 Å². The monoisotopic (exact) mass is 484 g/mol. The summed E-state index contributed by atoms with van der Waals surface area (Å²) < 4.78 is 5.41. The number of ether oxygens (including phenoxy) is 1. The fourth-order valence-electron chi connectivity index (χ4n) is 3.31. The van der Waals surface area contributed by atoms with Gasteiger partial charge in [0.05, 0.1) is 24.1 Å². The maximum atomic E-state index is 12.5. The number of hydrogen-bond donors (Lipinski definition) is 2. The number of benzene rings is 1. The van der Waals surface area contributed by atoms with E-state index in [2.05, 4.69) is 19.2 Å². The van der Waals surface area contributed by atoms with E-state index in [9.17, 15) is 14.7 Å². The van der Waals surface area contributed by atoms with Crippen LogP contribution in [0.1, 0.15) is 72.9 Å². The third-order valence-electron chi connectivity index (χ3n) is 5.68. The van der Waals surface area contributed by atoms with Crippen LogP contribution < -0.4 is 5.32 Å². The molecule has 0 amide bonds. The maximum absolute atomic E-state index is 12.5. The average Bonchev–Trinajstić information content (AvgIpc) is 2.80. The first-order valence-corrected chi connectivity index (χ1v) is 12.4. The molecule has 0 heterocycles. The Balaban J connectivity index is 3.22. The van der Waals surface area contributed by atoms with E-state index in [1.165, 1.54) is 0 Å². The molecule has 2 N–H and O–H groups in total. The molecule has 0 radical (unpaired) electrons. The molecule has 0 aliphatic heterocycles. The van der Waals surface area contributed by atoms with Gasteiger partial charge in [0.25, 0.3) is 0 Å². The van der Waals surface area contributed by atoms with E-state index in [0.29, 0.717) is 12.1 Å². The number of hydrogen-bond acceptors (Lipinski definition) is 6. The Labute approximate surface area is 211 Å². The highest BCUT2D eigenvalue weighted by Crippen LogP contribution is 2.25. The van der Waals surface area contributed by atoms with Crippen molar-refractivity contribution in [1.29, 1.82) is 0 Å². The van der Waals surface area contributed by atoms with Gasteiger partial charge in [-0.15, -0.1) is 0 Å². The zero-order chi connectivity index (χ0) is 26.8. The van der Waals surface area contributed by atoms with Crippen molar-refractivity contribution in [2.24, 2.45) is 16.3 Å². The van der Waals surface area contributed by atoms with Crippen LogP contribution in [0.15, 0.2) is 46.5 Å². The molecule has 1 aromatic rings. The van der Waals surface area contributed by atoms with Crippen LogP contribution in [-0.4, -0.2) is 41.8 Å². The first-order valence-electron chi connectivity index (χ1n) is 12.4. The highest BCUT2D eigenvalue weighted by molar-refractivity contribution is 6.06. The SMILES string of the molecule is C/C=C(\C=C(\C)C=O)C(=N/c1cc(CN[C@H](C(=O)OCC(C)(C)C)C(C)O)ccc1C)/C(C)CC. The lowest BCUT2D eigenvalue weighted by molar-refractivity contribution is -0.151. The second-order valence-corrected chi connectivity index (χ2v) is 10.4. The predicted octanol–water partition coefficient (Wildman–Crippen LogP) is 5.63. The molecule has 0 saturated carbocycles. The van der Waals surface area contributed by atoms with Crippen LogP contribution >= 0.6 is 0 Å². The van der Waals surface area contributed by atoms with E-state index >= 15 is 0 Å². The number of nitrogens with one attached hydrogen (secondary N) is 1. The molecule has 0 fully saturated rings. The quantitative estimate of drug-likeness (QED) is 0.132. The number of nitrogens with zero attached hydrogens (tertiary/aromatic N) is 1. The molecule has 3 atom stereocenters. The van der Waals surface area contributed by atoms with Gasteiger partial charge in [-0.2, -0.15) is 0 Å². The summed E-state index contributed by atoms with van der Waals surface area (Å²) in [6, 6.07) is 5.15. The molecular formula is C29H44N2O4. The zero-order valence-electron chi connectivity index (χ0n) is 22.9. The first-order chi connectivity index (χ1) is 16.3. The predicted molar refractivity (Wildman–Crippen MR) is 144 cm³/mol. The normalized spacial score (nSPS) is 16.0. The number of carbonyl (C=O) groups is 2. The molecule has 0 aromatic heterocycles. The Morgan fingerprint density at radius 3 is 2.43 bits per heavy atom. The summed E-state index contributed by atoms with van der Waals surface area (Å²) in [6.07, 6.45) is 4.72. The molecule has 1 rings (SSSR count). The number of aryl methyl sites for hydroxylation is 1. The van der Waals surface area contributed by atoms with Gasteiger partial charge in [0.2, 0.25) is 0 Å². The summed E-state index contributed by atoms with van der Waals surface area (Å²) >= 11 is 0. The lowest BCUT2D eigenvalue weighted by Gasteiger charge is -2.23. The van der Waals surface area contributed by atoms with Crippen molar-refractivity contribution < 1.29 is 19.4 Å². The van der Waals surface area contributed by atoms with Gasteiger partial charge < -0.3 is 9.84 Å². The fraction of sp³-hybridized carbons (Fsp3) is 0.552. The Hall–Kier alpha value is -2.57. The summed E-state index contributed by atoms with van der Waals surface area (Å²) in [5, 5.41) is 13.3. The summed E-state index contributed by atoms with van der Waals surface area (Å²) in [5.41, 5.74) is 5.15. The largest absolute Gasteiger partial charge is 0.464 e. The molecule has 6 heteroatoms. The van der Waals surface area contributed by atoms with Gasteiger partial charge in [0.1, 0.15) is 12.3 Å². The molecule has 0 aliphatic carbocycles. The van der Waals surface area contributed by atoms with Crippen molar-refractivity contribution in [1.82, 2.24) is 5.32 Å². The minimum absolute atomic E-state index is 0.151. The molecule has 194 valence electrons. The van der Waals surface area contributed by atoms with Crippen LogP contribution in [0.4, 0.5) is 5.69 Å². The second-order valence-electron chi connectivity index (χ2n) is 10.4. The van der Waals surface area contributed by atoms with Crippen molar-refractivity contribution in [3.05, 3.63) is 52.6 Å². The van der Waals surface area contributed by atoms with E-state index in [1.54, 1.807) is 13.8 Å². The minimum atomic E-state index is -0.896. The number of aldehydes is 1. The van der Waals surface area contributed by atoms with Crippen LogP contribution in [0.2, 0.25) is 0 Å². The first kappa shape index (κ1) is 30.5. The van der Waals surface area contributed by atoms with Crippen molar-refractivity contribution in [3.63, 3.8) is 0 Å². The standard InChI is InChI=1S/C29H44N2O4/c1-10-20(4)26(24(11-2)14-19(3)17-32)31-25-15-23(13-12-21(25)5)16-30-27(22(6)33)28(34)35-18-29(7,8)9/h11-15,17,20,22,27,30,33H,10,16,18H2,1-9H3/b19-14-,24-11+,31-26+/t20?,22?,27-/m0/s1. The fourth-order valence-corrected chi connectivity index (χ4v) is 3.31. The number of aliphatic hydroxyl groups excluding tert-OH is 1. The number of esters is 1. The van der Waals surface area contributed by atoms with Gasteiger partial charge in [0, 0.05) is 6.54 Å². The molecular weight excluding hydrogens is 440 g/mol. The maximum Gasteiger partial charge on any atom is 0.325 e. The lowest BCUT2D eigenvalue weighted by Crippen LogP contribution is -2.46. The number of aliphatic hydroxyl groups is 1. The van der Waals surface area contributed by atoms with Crippen LogP contribution in [0, 0.1) is 18.3 Å². The molecule has 35 heavy (non-hydrogen) atoms. The number of allylic oxidation sites excluding steroid dienone is 4. The van der Waals surface area contributed by atoms with Gasteiger partial charge in [-0.1, -0.05) is 52.8 Å². The van der Waals surface area contributed by atoms with Crippen LogP contribution in [0.3, 0.4) is 0 Å². The minimum Gasteiger partial charge on any atom is -0.464 e. The van der Waals surface area contributed by atoms with Gasteiger partial charge >= 0.3 is 5.97 Å². The average molecular weight is 485 g/mol. The molecule has 0 spiro atoms. The Morgan fingerprint density at radius 2 is 1.91 bits per heavy atom. The Morgan fingerprint density at radius 1 is 1.26 bits per heavy atom. The van der Waals surface area contributed by atoms with E-state index in [0.717, 1.165) is 40.8 Å². The van der Waals surface area contributed by atoms with Gasteiger partial charge in [-0.25, -0.2) is 0 Å². The number of aliphatic imine (C=N–C) groups is 1. The van der Waals surface area contributed by atoms with Crippen molar-refractivity contribution in [3.8, 4) is 0 Å². The molecule has 2 unspecified atom stereocenters. The van der Waals surface area contributed by atoms with E-state index in [-0.39, 0.29) is 17.9 Å². The third-order valence-corrected chi connectivity index (χ3v) is 5.68. The van der Waals surface area contributed by atoms with Crippen LogP contribution in [0.25, 0.3) is 0 Å². The highest BCUT2D eigenvalue weighted by Gasteiger charge is 2.26. The molecule has 0 aliphatic rings. The van der Waals surface area contributed by atoms with E-state index in [1.807, 2.05) is 65.0 Å². The molecule has 6 nitrogen and oxygen atoms in total. The van der Waals surface area contributed by atoms with Crippen molar-refractivity contribution >= 4 is 23.7 Å². The summed E-state index contributed by atoms with van der Waals surface area (Å²) in [6.45, 7) is 18.2. The highest BCUT2D eigenvalue weighted by atomic mass is 16.5. The van der Waals surface area contributed by atoms with Gasteiger partial charge in [-0.3, -0.25) is 19.9 Å². The Kier molecular flexibility index (Phi) is 12.3. The van der Waals surface area contributed by atoms with Gasteiger partial charge in [-0.05, 0) is 79.9 Å².